The molecule has 0 saturated carbocycles. The van der Waals surface area contributed by atoms with E-state index in [1.807, 2.05) is 36.4 Å². The van der Waals surface area contributed by atoms with E-state index < -0.39 is 0 Å². The molecule has 0 radical (unpaired) electrons. The van der Waals surface area contributed by atoms with Crippen LogP contribution in [0.3, 0.4) is 0 Å². The van der Waals surface area contributed by atoms with Crippen LogP contribution in [-0.2, 0) is 6.42 Å². The zero-order chi connectivity index (χ0) is 12.8. The Morgan fingerprint density at radius 3 is 2.61 bits per heavy atom. The Kier molecular flexibility index (Phi) is 4.27. The van der Waals surface area contributed by atoms with Gasteiger partial charge in [-0.1, -0.05) is 36.0 Å². The van der Waals surface area contributed by atoms with Gasteiger partial charge in [0.15, 0.2) is 0 Å². The van der Waals surface area contributed by atoms with Gasteiger partial charge in [-0.25, -0.2) is 0 Å². The molecule has 0 saturated heterocycles. The third-order valence-electron chi connectivity index (χ3n) is 2.48. The monoisotopic (exact) mass is 255 g/mol. The SMILES string of the molecule is COc1cc(CC#N)ccc1Sc1ccccc1. The van der Waals surface area contributed by atoms with Crippen LogP contribution in [0.15, 0.2) is 58.3 Å². The van der Waals surface area contributed by atoms with E-state index in [4.69, 9.17) is 10.00 Å². The van der Waals surface area contributed by atoms with Gasteiger partial charge in [0.1, 0.15) is 5.75 Å². The van der Waals surface area contributed by atoms with Crippen molar-refractivity contribution < 1.29 is 4.74 Å². The highest BCUT2D eigenvalue weighted by Gasteiger charge is 2.06. The third kappa shape index (κ3) is 3.06. The number of nitriles is 1. The average molecular weight is 255 g/mol. The van der Waals surface area contributed by atoms with Gasteiger partial charge in [0, 0.05) is 4.90 Å². The topological polar surface area (TPSA) is 33.0 Å². The normalized spacial score (nSPS) is 9.78. The van der Waals surface area contributed by atoms with Crippen LogP contribution in [0, 0.1) is 11.3 Å². The molecule has 0 atom stereocenters. The Hall–Kier alpha value is -1.92. The predicted octanol–water partition coefficient (Wildman–Crippen LogP) is 3.91. The Morgan fingerprint density at radius 2 is 1.94 bits per heavy atom. The summed E-state index contributed by atoms with van der Waals surface area (Å²) in [5, 5.41) is 8.69. The van der Waals surface area contributed by atoms with Gasteiger partial charge < -0.3 is 4.74 Å². The minimum atomic E-state index is 0.409. The summed E-state index contributed by atoms with van der Waals surface area (Å²) in [5.74, 6) is 0.816. The van der Waals surface area contributed by atoms with Gasteiger partial charge in [-0.2, -0.15) is 5.26 Å². The lowest BCUT2D eigenvalue weighted by Gasteiger charge is -2.09. The Bertz CT molecular complexity index is 560. The summed E-state index contributed by atoms with van der Waals surface area (Å²) in [6, 6.07) is 18.2. The lowest BCUT2D eigenvalue weighted by atomic mass is 10.1. The molecule has 0 N–H and O–H groups in total. The second-order valence-corrected chi connectivity index (χ2v) is 4.85. The first-order valence-corrected chi connectivity index (χ1v) is 6.42. The second kappa shape index (κ2) is 6.13. The zero-order valence-electron chi connectivity index (χ0n) is 10.1. The number of ether oxygens (including phenoxy) is 1. The zero-order valence-corrected chi connectivity index (χ0v) is 10.9. The molecule has 0 aliphatic carbocycles. The quantitative estimate of drug-likeness (QED) is 0.830. The van der Waals surface area contributed by atoms with Crippen molar-refractivity contribution in [3.63, 3.8) is 0 Å². The van der Waals surface area contributed by atoms with Crippen molar-refractivity contribution in [2.75, 3.05) is 7.11 Å². The van der Waals surface area contributed by atoms with Crippen LogP contribution in [0.1, 0.15) is 5.56 Å². The summed E-state index contributed by atoms with van der Waals surface area (Å²) in [4.78, 5) is 2.23. The van der Waals surface area contributed by atoms with E-state index in [9.17, 15) is 0 Å². The first-order chi connectivity index (χ1) is 8.83. The summed E-state index contributed by atoms with van der Waals surface area (Å²) in [5.41, 5.74) is 0.978. The van der Waals surface area contributed by atoms with Gasteiger partial charge in [-0.3, -0.25) is 0 Å². The molecule has 0 amide bonds. The van der Waals surface area contributed by atoms with Crippen molar-refractivity contribution in [2.24, 2.45) is 0 Å². The van der Waals surface area contributed by atoms with Gasteiger partial charge in [0.25, 0.3) is 0 Å². The minimum Gasteiger partial charge on any atom is -0.496 e. The summed E-state index contributed by atoms with van der Waals surface area (Å²) in [6.45, 7) is 0. The maximum Gasteiger partial charge on any atom is 0.133 e. The second-order valence-electron chi connectivity index (χ2n) is 3.74. The van der Waals surface area contributed by atoms with Crippen molar-refractivity contribution in [1.82, 2.24) is 0 Å². The molecule has 0 bridgehead atoms. The van der Waals surface area contributed by atoms with Crippen molar-refractivity contribution in [3.8, 4) is 11.8 Å². The Balaban J connectivity index is 2.26. The minimum absolute atomic E-state index is 0.409. The van der Waals surface area contributed by atoms with Crippen LogP contribution in [0.2, 0.25) is 0 Å². The van der Waals surface area contributed by atoms with Gasteiger partial charge in [-0.05, 0) is 29.8 Å². The largest absolute Gasteiger partial charge is 0.496 e. The van der Waals surface area contributed by atoms with Crippen molar-refractivity contribution >= 4 is 11.8 Å². The molecule has 0 spiro atoms. The number of hydrogen-bond donors (Lipinski definition) is 0. The average Bonchev–Trinajstić information content (AvgIpc) is 2.42. The van der Waals surface area contributed by atoms with Crippen molar-refractivity contribution in [2.45, 2.75) is 16.2 Å². The molecule has 2 aromatic carbocycles. The molecule has 18 heavy (non-hydrogen) atoms. The fourth-order valence-electron chi connectivity index (χ4n) is 1.61. The van der Waals surface area contributed by atoms with Gasteiger partial charge in [-0.15, -0.1) is 0 Å². The maximum absolute atomic E-state index is 8.69. The molecular weight excluding hydrogens is 242 g/mol. The number of methoxy groups -OCH3 is 1. The van der Waals surface area contributed by atoms with Gasteiger partial charge in [0.2, 0.25) is 0 Å². The summed E-state index contributed by atoms with van der Waals surface area (Å²) < 4.78 is 5.37. The van der Waals surface area contributed by atoms with Crippen LogP contribution < -0.4 is 4.74 Å². The number of hydrogen-bond acceptors (Lipinski definition) is 3. The molecule has 3 heteroatoms. The van der Waals surface area contributed by atoms with E-state index in [0.29, 0.717) is 6.42 Å². The fourth-order valence-corrected chi connectivity index (χ4v) is 2.54. The van der Waals surface area contributed by atoms with E-state index in [1.165, 1.54) is 4.90 Å². The predicted molar refractivity (Wildman–Crippen MR) is 72.9 cm³/mol. The first-order valence-electron chi connectivity index (χ1n) is 5.60. The van der Waals surface area contributed by atoms with Crippen molar-refractivity contribution in [3.05, 3.63) is 54.1 Å². The maximum atomic E-state index is 8.69. The highest BCUT2D eigenvalue weighted by Crippen LogP contribution is 2.35. The molecule has 2 nitrogen and oxygen atoms in total. The van der Waals surface area contributed by atoms with Crippen LogP contribution in [-0.4, -0.2) is 7.11 Å². The molecule has 0 heterocycles. The number of rotatable bonds is 4. The standard InChI is InChI=1S/C15H13NOS/c1-17-14-11-12(9-10-16)7-8-15(14)18-13-5-3-2-4-6-13/h2-8,11H,9H2,1H3. The lowest BCUT2D eigenvalue weighted by Crippen LogP contribution is -1.89. The fraction of sp³-hybridized carbons (Fsp3) is 0.133. The Morgan fingerprint density at radius 1 is 1.17 bits per heavy atom. The van der Waals surface area contributed by atoms with E-state index >= 15 is 0 Å². The highest BCUT2D eigenvalue weighted by atomic mass is 32.2. The molecule has 2 aromatic rings. The Labute approximate surface area is 111 Å². The van der Waals surface area contributed by atoms with E-state index in [1.54, 1.807) is 18.9 Å². The van der Waals surface area contributed by atoms with Crippen LogP contribution in [0.25, 0.3) is 0 Å². The van der Waals surface area contributed by atoms with Gasteiger partial charge >= 0.3 is 0 Å². The molecule has 0 aromatic heterocycles. The van der Waals surface area contributed by atoms with Gasteiger partial charge in [0.05, 0.1) is 24.5 Å². The summed E-state index contributed by atoms with van der Waals surface area (Å²) >= 11 is 1.66. The molecule has 0 unspecified atom stereocenters. The smallest absolute Gasteiger partial charge is 0.133 e. The molecule has 2 rings (SSSR count). The summed E-state index contributed by atoms with van der Waals surface area (Å²) in [6.07, 6.45) is 0.409. The van der Waals surface area contributed by atoms with E-state index in [2.05, 4.69) is 18.2 Å². The molecule has 0 aliphatic rings. The van der Waals surface area contributed by atoms with Crippen molar-refractivity contribution in [1.29, 1.82) is 5.26 Å². The van der Waals surface area contributed by atoms with Crippen LogP contribution >= 0.6 is 11.8 Å². The molecule has 90 valence electrons. The highest BCUT2D eigenvalue weighted by molar-refractivity contribution is 7.99. The first kappa shape index (κ1) is 12.5. The van der Waals surface area contributed by atoms with E-state index in [0.717, 1.165) is 16.2 Å². The lowest BCUT2D eigenvalue weighted by molar-refractivity contribution is 0.404. The molecule has 0 fully saturated rings. The number of nitrogens with zero attached hydrogens (tertiary/aromatic N) is 1. The third-order valence-corrected chi connectivity index (χ3v) is 3.55. The van der Waals surface area contributed by atoms with E-state index in [-0.39, 0.29) is 0 Å². The molecule has 0 aliphatic heterocycles. The van der Waals surface area contributed by atoms with Crippen LogP contribution in [0.5, 0.6) is 5.75 Å². The summed E-state index contributed by atoms with van der Waals surface area (Å²) in [7, 11) is 1.65. The number of benzene rings is 2. The van der Waals surface area contributed by atoms with Crippen LogP contribution in [0.4, 0.5) is 0 Å². The molecular formula is C15H13NOS.